The zero-order chi connectivity index (χ0) is 37.5. The summed E-state index contributed by atoms with van der Waals surface area (Å²) >= 11 is 0. The van der Waals surface area contributed by atoms with Crippen molar-refractivity contribution in [2.45, 2.75) is 5.41 Å². The maximum Gasteiger partial charge on any atom is 0.0713 e. The van der Waals surface area contributed by atoms with Gasteiger partial charge in [-0.05, 0) is 111 Å². The lowest BCUT2D eigenvalue weighted by Gasteiger charge is -2.34. The fourth-order valence-electron chi connectivity index (χ4n) is 10.00. The number of hydrogen-bond acceptors (Lipinski definition) is 0. The van der Waals surface area contributed by atoms with Crippen molar-refractivity contribution < 1.29 is 0 Å². The highest BCUT2D eigenvalue weighted by Gasteiger charge is 2.46. The summed E-state index contributed by atoms with van der Waals surface area (Å²) in [6.45, 7) is 0. The predicted octanol–water partition coefficient (Wildman–Crippen LogP) is 13.9. The van der Waals surface area contributed by atoms with Crippen LogP contribution in [0.1, 0.15) is 22.3 Å². The van der Waals surface area contributed by atoms with Gasteiger partial charge >= 0.3 is 0 Å². The third-order valence-electron chi connectivity index (χ3n) is 12.4. The third kappa shape index (κ3) is 4.53. The molecule has 1 aliphatic carbocycles. The number of aromatic nitrogens is 2. The highest BCUT2D eigenvalue weighted by Crippen LogP contribution is 2.57. The van der Waals surface area contributed by atoms with Gasteiger partial charge in [-0.2, -0.15) is 0 Å². The predicted molar refractivity (Wildman–Crippen MR) is 238 cm³/mol. The van der Waals surface area contributed by atoms with Crippen LogP contribution in [0.25, 0.3) is 77.2 Å². The smallest absolute Gasteiger partial charge is 0.0713 e. The van der Waals surface area contributed by atoms with E-state index < -0.39 is 5.41 Å². The fraction of sp³-hybridized carbons (Fsp3) is 0.0182. The Morgan fingerprint density at radius 1 is 0.281 bits per heavy atom. The second-order valence-electron chi connectivity index (χ2n) is 15.3. The van der Waals surface area contributed by atoms with Gasteiger partial charge in [0.2, 0.25) is 0 Å². The summed E-state index contributed by atoms with van der Waals surface area (Å²) in [5.74, 6) is 0. The molecule has 2 aromatic heterocycles. The van der Waals surface area contributed by atoms with E-state index in [1.807, 2.05) is 0 Å². The maximum absolute atomic E-state index is 2.52. The van der Waals surface area contributed by atoms with E-state index in [4.69, 9.17) is 0 Å². The summed E-state index contributed by atoms with van der Waals surface area (Å²) in [6, 6.07) is 80.5. The van der Waals surface area contributed by atoms with Gasteiger partial charge in [0, 0.05) is 32.9 Å². The normalized spacial score (nSPS) is 13.1. The van der Waals surface area contributed by atoms with Gasteiger partial charge in [-0.25, -0.2) is 0 Å². The minimum Gasteiger partial charge on any atom is -0.309 e. The van der Waals surface area contributed by atoms with Crippen molar-refractivity contribution in [1.82, 2.24) is 9.13 Å². The number of hydrogen-bond donors (Lipinski definition) is 0. The van der Waals surface area contributed by atoms with Crippen LogP contribution in [0.2, 0.25) is 0 Å². The van der Waals surface area contributed by atoms with Crippen LogP contribution in [-0.4, -0.2) is 9.13 Å². The molecule has 0 atom stereocenters. The molecule has 0 amide bonds. The van der Waals surface area contributed by atoms with E-state index in [0.29, 0.717) is 0 Å². The molecule has 0 N–H and O–H groups in total. The van der Waals surface area contributed by atoms with Crippen molar-refractivity contribution >= 4 is 43.6 Å². The molecule has 9 aromatic carbocycles. The van der Waals surface area contributed by atoms with Gasteiger partial charge in [-0.1, -0.05) is 152 Å². The Kier molecular flexibility index (Phi) is 6.88. The van der Waals surface area contributed by atoms with E-state index in [2.05, 4.69) is 228 Å². The summed E-state index contributed by atoms with van der Waals surface area (Å²) in [4.78, 5) is 0. The standard InChI is InChI=1S/C55H36N2/c1-5-17-39(18-6-1)55(40-19-7-2-8-20-40)49-27-15-13-25-43(49)45-36-54-48(35-50(45)55)47-34-38(30-32-53(47)57(54)42-23-11-4-12-24-42)37-29-31-52-46(33-37)44-26-14-16-28-51(44)56(52)41-21-9-3-10-22-41/h1-36H. The lowest BCUT2D eigenvalue weighted by molar-refractivity contribution is 0.769. The zero-order valence-corrected chi connectivity index (χ0v) is 31.2. The number of fused-ring (bicyclic) bond motifs is 9. The Morgan fingerprint density at radius 2 is 0.737 bits per heavy atom. The average Bonchev–Trinajstić information content (AvgIpc) is 3.90. The summed E-state index contributed by atoms with van der Waals surface area (Å²) in [6.07, 6.45) is 0. The van der Waals surface area contributed by atoms with Gasteiger partial charge in [-0.3, -0.25) is 0 Å². The van der Waals surface area contributed by atoms with Gasteiger partial charge in [0.05, 0.1) is 27.5 Å². The molecular formula is C55H36N2. The van der Waals surface area contributed by atoms with Crippen LogP contribution in [0.5, 0.6) is 0 Å². The SMILES string of the molecule is c1ccc(-n2c3ccccc3c3cc(-c4ccc5c(c4)c4cc6c(cc4n5-c4ccccc4)-c4ccccc4C6(c4ccccc4)c4ccccc4)ccc32)cc1. The van der Waals surface area contributed by atoms with Gasteiger partial charge in [0.15, 0.2) is 0 Å². The lowest BCUT2D eigenvalue weighted by Crippen LogP contribution is -2.28. The average molecular weight is 725 g/mol. The summed E-state index contributed by atoms with van der Waals surface area (Å²) in [7, 11) is 0. The van der Waals surface area contributed by atoms with Gasteiger partial charge < -0.3 is 9.13 Å². The number of rotatable bonds is 5. The van der Waals surface area contributed by atoms with Crippen molar-refractivity contribution in [3.63, 3.8) is 0 Å². The molecule has 12 rings (SSSR count). The quantitative estimate of drug-likeness (QED) is 0.167. The molecule has 2 nitrogen and oxygen atoms in total. The minimum absolute atomic E-state index is 0.473. The number of benzene rings is 9. The number of nitrogens with zero attached hydrogens (tertiary/aromatic N) is 2. The topological polar surface area (TPSA) is 9.86 Å². The second kappa shape index (κ2) is 12.3. The summed E-state index contributed by atoms with van der Waals surface area (Å²) < 4.78 is 4.84. The molecule has 57 heavy (non-hydrogen) atoms. The Morgan fingerprint density at radius 3 is 1.35 bits per heavy atom. The van der Waals surface area contributed by atoms with Crippen LogP contribution in [0.3, 0.4) is 0 Å². The molecule has 0 saturated heterocycles. The fourth-order valence-corrected chi connectivity index (χ4v) is 10.00. The summed E-state index contributed by atoms with van der Waals surface area (Å²) in [5.41, 5.74) is 16.9. The zero-order valence-electron chi connectivity index (χ0n) is 31.2. The summed E-state index contributed by atoms with van der Waals surface area (Å²) in [5, 5.41) is 5.00. The Balaban J connectivity index is 1.15. The Hall–Kier alpha value is -7.42. The molecule has 0 bridgehead atoms. The van der Waals surface area contributed by atoms with E-state index in [1.54, 1.807) is 0 Å². The lowest BCUT2D eigenvalue weighted by atomic mass is 9.67. The van der Waals surface area contributed by atoms with E-state index in [9.17, 15) is 0 Å². The minimum atomic E-state index is -0.473. The first-order valence-electron chi connectivity index (χ1n) is 19.8. The molecule has 2 heterocycles. The van der Waals surface area contributed by atoms with Crippen LogP contribution in [-0.2, 0) is 5.41 Å². The van der Waals surface area contributed by atoms with E-state index in [0.717, 1.165) is 5.69 Å². The highest BCUT2D eigenvalue weighted by atomic mass is 15.0. The Bertz CT molecular complexity index is 3280. The molecule has 11 aromatic rings. The Labute approximate surface area is 331 Å². The first kappa shape index (κ1) is 31.9. The van der Waals surface area contributed by atoms with Gasteiger partial charge in [-0.15, -0.1) is 0 Å². The molecule has 0 fully saturated rings. The van der Waals surface area contributed by atoms with Crippen molar-refractivity contribution in [3.05, 3.63) is 241 Å². The van der Waals surface area contributed by atoms with E-state index in [-0.39, 0.29) is 0 Å². The first-order chi connectivity index (χ1) is 28.3. The van der Waals surface area contributed by atoms with Crippen molar-refractivity contribution in [3.8, 4) is 33.6 Å². The molecule has 0 aliphatic heterocycles. The van der Waals surface area contributed by atoms with Crippen LogP contribution in [0, 0.1) is 0 Å². The maximum atomic E-state index is 2.52. The third-order valence-corrected chi connectivity index (χ3v) is 12.4. The highest BCUT2D eigenvalue weighted by molar-refractivity contribution is 6.14. The van der Waals surface area contributed by atoms with Crippen molar-refractivity contribution in [1.29, 1.82) is 0 Å². The molecule has 2 heteroatoms. The molecule has 0 spiro atoms. The van der Waals surface area contributed by atoms with Crippen LogP contribution in [0.15, 0.2) is 218 Å². The van der Waals surface area contributed by atoms with Crippen LogP contribution >= 0.6 is 0 Å². The monoisotopic (exact) mass is 724 g/mol. The van der Waals surface area contributed by atoms with E-state index in [1.165, 1.54) is 93.8 Å². The molecule has 0 unspecified atom stereocenters. The number of para-hydroxylation sites is 3. The second-order valence-corrected chi connectivity index (χ2v) is 15.3. The van der Waals surface area contributed by atoms with Crippen molar-refractivity contribution in [2.24, 2.45) is 0 Å². The largest absolute Gasteiger partial charge is 0.309 e. The van der Waals surface area contributed by atoms with E-state index >= 15 is 0 Å². The van der Waals surface area contributed by atoms with Crippen LogP contribution in [0.4, 0.5) is 0 Å². The van der Waals surface area contributed by atoms with Crippen molar-refractivity contribution in [2.75, 3.05) is 0 Å². The van der Waals surface area contributed by atoms with Crippen LogP contribution < -0.4 is 0 Å². The molecule has 266 valence electrons. The van der Waals surface area contributed by atoms with Gasteiger partial charge in [0.1, 0.15) is 0 Å². The molecule has 0 saturated carbocycles. The van der Waals surface area contributed by atoms with Gasteiger partial charge in [0.25, 0.3) is 0 Å². The molecular weight excluding hydrogens is 689 g/mol. The molecule has 0 radical (unpaired) electrons. The molecule has 1 aliphatic rings. The first-order valence-corrected chi connectivity index (χ1v) is 19.8.